The van der Waals surface area contributed by atoms with E-state index in [4.69, 9.17) is 10.5 Å². The highest BCUT2D eigenvalue weighted by Gasteiger charge is 2.03. The van der Waals surface area contributed by atoms with Crippen molar-refractivity contribution in [2.24, 2.45) is 5.10 Å². The summed E-state index contributed by atoms with van der Waals surface area (Å²) in [5.41, 5.74) is 6.63. The number of anilines is 1. The van der Waals surface area contributed by atoms with Crippen LogP contribution in [0.15, 0.2) is 40.2 Å². The predicted octanol–water partition coefficient (Wildman–Crippen LogP) is 1.77. The number of nitrogens with two attached hydrogens (primary N) is 1. The van der Waals surface area contributed by atoms with Gasteiger partial charge in [0, 0.05) is 6.07 Å². The van der Waals surface area contributed by atoms with E-state index in [1.54, 1.807) is 19.1 Å². The molecule has 0 atom stereocenters. The molecule has 1 aromatic carbocycles. The van der Waals surface area contributed by atoms with E-state index in [0.29, 0.717) is 5.56 Å². The predicted molar refractivity (Wildman–Crippen MR) is 75.8 cm³/mol. The normalized spacial score (nSPS) is 10.9. The lowest BCUT2D eigenvalue weighted by molar-refractivity contribution is 0.386. The molecular formula is C14H14FN3O2. The van der Waals surface area contributed by atoms with Gasteiger partial charge < -0.3 is 10.5 Å². The number of aryl methyl sites for hydroxylation is 1. The Labute approximate surface area is 115 Å². The minimum absolute atomic E-state index is 0.147. The first-order chi connectivity index (χ1) is 9.51. The van der Waals surface area contributed by atoms with Crippen LogP contribution in [0.3, 0.4) is 0 Å². The molecule has 2 N–H and O–H groups in total. The van der Waals surface area contributed by atoms with Crippen molar-refractivity contribution in [1.82, 2.24) is 4.68 Å². The van der Waals surface area contributed by atoms with Crippen LogP contribution >= 0.6 is 0 Å². The van der Waals surface area contributed by atoms with Gasteiger partial charge in [0.25, 0.3) is 5.56 Å². The molecule has 20 heavy (non-hydrogen) atoms. The second-order valence-electron chi connectivity index (χ2n) is 4.25. The lowest BCUT2D eigenvalue weighted by Crippen LogP contribution is -2.19. The van der Waals surface area contributed by atoms with Crippen molar-refractivity contribution >= 4 is 12.0 Å². The molecule has 2 aromatic rings. The zero-order valence-corrected chi connectivity index (χ0v) is 11.1. The second-order valence-corrected chi connectivity index (χ2v) is 4.25. The van der Waals surface area contributed by atoms with Gasteiger partial charge in [0.05, 0.1) is 13.3 Å². The maximum Gasteiger partial charge on any atom is 0.273 e. The number of pyridine rings is 1. The van der Waals surface area contributed by atoms with E-state index >= 15 is 0 Å². The largest absolute Gasteiger partial charge is 0.494 e. The number of benzene rings is 1. The van der Waals surface area contributed by atoms with E-state index in [0.717, 1.165) is 10.2 Å². The van der Waals surface area contributed by atoms with Crippen LogP contribution < -0.4 is 16.0 Å². The van der Waals surface area contributed by atoms with Crippen molar-refractivity contribution in [3.05, 3.63) is 57.6 Å². The van der Waals surface area contributed by atoms with Gasteiger partial charge in [-0.2, -0.15) is 9.78 Å². The molecule has 0 bridgehead atoms. The van der Waals surface area contributed by atoms with Crippen LogP contribution in [0.1, 0.15) is 11.1 Å². The lowest BCUT2D eigenvalue weighted by atomic mass is 10.2. The summed E-state index contributed by atoms with van der Waals surface area (Å²) < 4.78 is 19.4. The van der Waals surface area contributed by atoms with Crippen molar-refractivity contribution in [3.8, 4) is 5.75 Å². The highest BCUT2D eigenvalue weighted by Crippen LogP contribution is 2.16. The fourth-order valence-electron chi connectivity index (χ4n) is 1.73. The van der Waals surface area contributed by atoms with Gasteiger partial charge in [-0.15, -0.1) is 0 Å². The molecule has 1 heterocycles. The van der Waals surface area contributed by atoms with E-state index in [1.165, 1.54) is 31.5 Å². The third-order valence-corrected chi connectivity index (χ3v) is 2.68. The van der Waals surface area contributed by atoms with Crippen LogP contribution in [-0.4, -0.2) is 18.0 Å². The quantitative estimate of drug-likeness (QED) is 0.868. The molecule has 0 aliphatic rings. The molecule has 0 unspecified atom stereocenters. The first kappa shape index (κ1) is 13.8. The van der Waals surface area contributed by atoms with Gasteiger partial charge in [-0.3, -0.25) is 4.79 Å². The van der Waals surface area contributed by atoms with Crippen LogP contribution in [0.2, 0.25) is 0 Å². The van der Waals surface area contributed by atoms with Gasteiger partial charge in [-0.1, -0.05) is 0 Å². The molecule has 0 radical (unpaired) electrons. The number of nitrogen functional groups attached to an aromatic ring is 1. The summed E-state index contributed by atoms with van der Waals surface area (Å²) in [7, 11) is 1.39. The number of methoxy groups -OCH3 is 1. The number of hydrogen-bond acceptors (Lipinski definition) is 4. The summed E-state index contributed by atoms with van der Waals surface area (Å²) in [6.45, 7) is 1.77. The van der Waals surface area contributed by atoms with Crippen molar-refractivity contribution in [3.63, 3.8) is 0 Å². The molecule has 0 saturated heterocycles. The Balaban J connectivity index is 2.35. The van der Waals surface area contributed by atoms with Gasteiger partial charge in [0.2, 0.25) is 0 Å². The third kappa shape index (κ3) is 2.85. The fraction of sp³-hybridized carbons (Fsp3) is 0.143. The molecule has 0 saturated carbocycles. The topological polar surface area (TPSA) is 69.6 Å². The number of hydrogen-bond donors (Lipinski definition) is 1. The molecule has 0 fully saturated rings. The number of rotatable bonds is 3. The van der Waals surface area contributed by atoms with Crippen molar-refractivity contribution in [1.29, 1.82) is 0 Å². The summed E-state index contributed by atoms with van der Waals surface area (Å²) in [5.74, 6) is -0.130. The minimum Gasteiger partial charge on any atom is -0.494 e. The molecule has 2 rings (SSSR count). The molecule has 0 spiro atoms. The summed E-state index contributed by atoms with van der Waals surface area (Å²) in [4.78, 5) is 11.7. The van der Waals surface area contributed by atoms with E-state index < -0.39 is 5.82 Å². The monoisotopic (exact) mass is 275 g/mol. The molecule has 0 aliphatic carbocycles. The van der Waals surface area contributed by atoms with E-state index in [9.17, 15) is 9.18 Å². The summed E-state index contributed by atoms with van der Waals surface area (Å²) in [6, 6.07) is 7.42. The fourth-order valence-corrected chi connectivity index (χ4v) is 1.73. The maximum atomic E-state index is 13.5. The van der Waals surface area contributed by atoms with E-state index in [2.05, 4.69) is 5.10 Å². The average Bonchev–Trinajstić information content (AvgIpc) is 2.37. The van der Waals surface area contributed by atoms with Crippen LogP contribution in [0, 0.1) is 12.7 Å². The highest BCUT2D eigenvalue weighted by atomic mass is 19.1. The van der Waals surface area contributed by atoms with Gasteiger partial charge in [0.1, 0.15) is 5.82 Å². The standard InChI is InChI=1S/C14H14FN3O2/c1-9-5-13(16)18(14(19)6-9)17-8-10-3-4-12(20-2)11(15)7-10/h3-8H,16H2,1-2H3/b17-8-. The maximum absolute atomic E-state index is 13.5. The minimum atomic E-state index is -0.499. The van der Waals surface area contributed by atoms with E-state index in [-0.39, 0.29) is 17.1 Å². The van der Waals surface area contributed by atoms with Gasteiger partial charge >= 0.3 is 0 Å². The molecule has 5 nitrogen and oxygen atoms in total. The van der Waals surface area contributed by atoms with Crippen LogP contribution in [0.25, 0.3) is 0 Å². The highest BCUT2D eigenvalue weighted by molar-refractivity contribution is 5.79. The Hall–Kier alpha value is -2.63. The molecule has 0 amide bonds. The zero-order valence-electron chi connectivity index (χ0n) is 11.1. The second kappa shape index (κ2) is 5.56. The van der Waals surface area contributed by atoms with Crippen LogP contribution in [0.4, 0.5) is 10.2 Å². The van der Waals surface area contributed by atoms with Gasteiger partial charge in [0.15, 0.2) is 11.6 Å². The lowest BCUT2D eigenvalue weighted by Gasteiger charge is -2.04. The van der Waals surface area contributed by atoms with Gasteiger partial charge in [-0.05, 0) is 42.3 Å². The SMILES string of the molecule is COc1ccc(/C=N\n2c(N)cc(C)cc2=O)cc1F. The van der Waals surface area contributed by atoms with Crippen molar-refractivity contribution in [2.45, 2.75) is 6.92 Å². The number of halogens is 1. The smallest absolute Gasteiger partial charge is 0.273 e. The van der Waals surface area contributed by atoms with Gasteiger partial charge in [-0.25, -0.2) is 4.39 Å². The molecule has 104 valence electrons. The molecule has 1 aromatic heterocycles. The Kier molecular flexibility index (Phi) is 3.84. The number of aromatic nitrogens is 1. The summed E-state index contributed by atoms with van der Waals surface area (Å²) in [5, 5.41) is 3.96. The Morgan fingerprint density at radius 1 is 1.35 bits per heavy atom. The number of ether oxygens (including phenoxy) is 1. The Morgan fingerprint density at radius 3 is 2.70 bits per heavy atom. The van der Waals surface area contributed by atoms with E-state index in [1.807, 2.05) is 0 Å². The molecule has 6 heteroatoms. The molecule has 0 aliphatic heterocycles. The number of nitrogens with zero attached hydrogens (tertiary/aromatic N) is 2. The van der Waals surface area contributed by atoms with Crippen molar-refractivity contribution in [2.75, 3.05) is 12.8 Å². The third-order valence-electron chi connectivity index (χ3n) is 2.68. The first-order valence-electron chi connectivity index (χ1n) is 5.88. The van der Waals surface area contributed by atoms with Crippen LogP contribution in [-0.2, 0) is 0 Å². The summed E-state index contributed by atoms with van der Waals surface area (Å²) >= 11 is 0. The van der Waals surface area contributed by atoms with Crippen LogP contribution in [0.5, 0.6) is 5.75 Å². The van der Waals surface area contributed by atoms with Crippen molar-refractivity contribution < 1.29 is 9.13 Å². The first-order valence-corrected chi connectivity index (χ1v) is 5.88. The molecular weight excluding hydrogens is 261 g/mol. The Bertz CT molecular complexity index is 723. The summed E-state index contributed by atoms with van der Waals surface area (Å²) in [6.07, 6.45) is 1.36. The average molecular weight is 275 g/mol. The zero-order chi connectivity index (χ0) is 14.7. The Morgan fingerprint density at radius 2 is 2.10 bits per heavy atom.